The maximum absolute atomic E-state index is 6.09. The molecule has 3 nitrogen and oxygen atoms in total. The molecule has 0 saturated carbocycles. The van der Waals surface area contributed by atoms with Gasteiger partial charge in [-0.2, -0.15) is 0 Å². The van der Waals surface area contributed by atoms with E-state index in [1.54, 1.807) is 0 Å². The van der Waals surface area contributed by atoms with Gasteiger partial charge in [-0.25, -0.2) is 0 Å². The third kappa shape index (κ3) is 3.22. The lowest BCUT2D eigenvalue weighted by atomic mass is 9.98. The molecule has 0 bridgehead atoms. The van der Waals surface area contributed by atoms with Crippen LogP contribution in [0.4, 0.5) is 0 Å². The van der Waals surface area contributed by atoms with Crippen molar-refractivity contribution < 1.29 is 0 Å². The Morgan fingerprint density at radius 2 is 2.00 bits per heavy atom. The first-order valence-corrected chi connectivity index (χ1v) is 7.78. The fraction of sp³-hybridized carbons (Fsp3) is 0.647. The highest BCUT2D eigenvalue weighted by Gasteiger charge is 2.28. The Morgan fingerprint density at radius 3 is 2.60 bits per heavy atom. The molecule has 3 heteroatoms. The van der Waals surface area contributed by atoms with Crippen molar-refractivity contribution in [3.8, 4) is 0 Å². The van der Waals surface area contributed by atoms with Gasteiger partial charge < -0.3 is 10.6 Å². The summed E-state index contributed by atoms with van der Waals surface area (Å²) < 4.78 is 0. The standard InChI is InChI=1S/C17H29N3/c1-5-16-12-20(9-8-19(16)4)17(11-18)15-7-6-13(2)14(3)10-15/h6-7,10,16-17H,5,8-9,11-12,18H2,1-4H3. The number of piperazine rings is 1. The molecule has 20 heavy (non-hydrogen) atoms. The van der Waals surface area contributed by atoms with Gasteiger partial charge in [-0.3, -0.25) is 4.90 Å². The first-order valence-electron chi connectivity index (χ1n) is 7.78. The maximum Gasteiger partial charge on any atom is 0.0471 e. The highest BCUT2D eigenvalue weighted by atomic mass is 15.3. The minimum absolute atomic E-state index is 0.358. The molecule has 2 atom stereocenters. The van der Waals surface area contributed by atoms with Gasteiger partial charge in [-0.1, -0.05) is 25.1 Å². The van der Waals surface area contributed by atoms with Crippen LogP contribution in [0.5, 0.6) is 0 Å². The van der Waals surface area contributed by atoms with Gasteiger partial charge in [0.15, 0.2) is 0 Å². The van der Waals surface area contributed by atoms with Crippen LogP contribution in [-0.2, 0) is 0 Å². The smallest absolute Gasteiger partial charge is 0.0471 e. The summed E-state index contributed by atoms with van der Waals surface area (Å²) in [5.41, 5.74) is 10.2. The molecule has 1 saturated heterocycles. The second-order valence-corrected chi connectivity index (χ2v) is 6.13. The number of hydrogen-bond donors (Lipinski definition) is 1. The van der Waals surface area contributed by atoms with Crippen molar-refractivity contribution in [2.45, 2.75) is 39.3 Å². The minimum Gasteiger partial charge on any atom is -0.329 e. The Labute approximate surface area is 123 Å². The third-order valence-corrected chi connectivity index (χ3v) is 4.86. The predicted octanol–water partition coefficient (Wildman–Crippen LogP) is 2.33. The molecule has 1 heterocycles. The van der Waals surface area contributed by atoms with Crippen molar-refractivity contribution in [3.63, 3.8) is 0 Å². The average Bonchev–Trinajstić information content (AvgIpc) is 2.45. The zero-order valence-electron chi connectivity index (χ0n) is 13.4. The molecule has 0 aliphatic carbocycles. The molecule has 2 rings (SSSR count). The maximum atomic E-state index is 6.09. The van der Waals surface area contributed by atoms with E-state index in [9.17, 15) is 0 Å². The van der Waals surface area contributed by atoms with Crippen molar-refractivity contribution >= 4 is 0 Å². The molecular weight excluding hydrogens is 246 g/mol. The molecule has 2 unspecified atom stereocenters. The van der Waals surface area contributed by atoms with E-state index in [1.165, 1.54) is 23.1 Å². The van der Waals surface area contributed by atoms with Crippen molar-refractivity contribution in [1.82, 2.24) is 9.80 Å². The zero-order chi connectivity index (χ0) is 14.7. The van der Waals surface area contributed by atoms with E-state index >= 15 is 0 Å². The molecule has 112 valence electrons. The Hall–Kier alpha value is -0.900. The average molecular weight is 275 g/mol. The summed E-state index contributed by atoms with van der Waals surface area (Å²) in [5, 5.41) is 0. The van der Waals surface area contributed by atoms with Crippen LogP contribution in [0.25, 0.3) is 0 Å². The molecule has 0 radical (unpaired) electrons. The quantitative estimate of drug-likeness (QED) is 0.915. The van der Waals surface area contributed by atoms with E-state index < -0.39 is 0 Å². The number of nitrogens with zero attached hydrogens (tertiary/aromatic N) is 2. The second-order valence-electron chi connectivity index (χ2n) is 6.13. The van der Waals surface area contributed by atoms with E-state index in [1.807, 2.05) is 0 Å². The minimum atomic E-state index is 0.358. The highest BCUT2D eigenvalue weighted by Crippen LogP contribution is 2.25. The molecule has 1 aliphatic heterocycles. The Kier molecular flexibility index (Phi) is 5.19. The summed E-state index contributed by atoms with van der Waals surface area (Å²) in [5.74, 6) is 0. The highest BCUT2D eigenvalue weighted by molar-refractivity contribution is 5.32. The van der Waals surface area contributed by atoms with Crippen molar-refractivity contribution in [2.24, 2.45) is 5.73 Å². The Morgan fingerprint density at radius 1 is 1.25 bits per heavy atom. The topological polar surface area (TPSA) is 32.5 Å². The molecule has 2 N–H and O–H groups in total. The van der Waals surface area contributed by atoms with Gasteiger partial charge in [-0.15, -0.1) is 0 Å². The molecule has 0 amide bonds. The monoisotopic (exact) mass is 275 g/mol. The van der Waals surface area contributed by atoms with Gasteiger partial charge in [0.25, 0.3) is 0 Å². The lowest BCUT2D eigenvalue weighted by Crippen LogP contribution is -2.53. The van der Waals surface area contributed by atoms with Crippen LogP contribution in [0.3, 0.4) is 0 Å². The zero-order valence-corrected chi connectivity index (χ0v) is 13.4. The lowest BCUT2D eigenvalue weighted by Gasteiger charge is -2.42. The van der Waals surface area contributed by atoms with Crippen LogP contribution < -0.4 is 5.73 Å². The fourth-order valence-electron chi connectivity index (χ4n) is 3.16. The van der Waals surface area contributed by atoms with Crippen LogP contribution in [0.2, 0.25) is 0 Å². The number of hydrogen-bond acceptors (Lipinski definition) is 3. The summed E-state index contributed by atoms with van der Waals surface area (Å²) in [6.07, 6.45) is 1.21. The van der Waals surface area contributed by atoms with E-state index in [4.69, 9.17) is 5.73 Å². The summed E-state index contributed by atoms with van der Waals surface area (Å²) >= 11 is 0. The normalized spacial score (nSPS) is 22.9. The van der Waals surface area contributed by atoms with Crippen LogP contribution in [0.15, 0.2) is 18.2 Å². The van der Waals surface area contributed by atoms with Gasteiger partial charge in [0, 0.05) is 38.3 Å². The third-order valence-electron chi connectivity index (χ3n) is 4.86. The number of aryl methyl sites for hydroxylation is 2. The van der Waals surface area contributed by atoms with Crippen molar-refractivity contribution in [2.75, 3.05) is 33.2 Å². The molecular formula is C17H29N3. The van der Waals surface area contributed by atoms with Crippen LogP contribution >= 0.6 is 0 Å². The lowest BCUT2D eigenvalue weighted by molar-refractivity contribution is 0.0644. The van der Waals surface area contributed by atoms with Crippen molar-refractivity contribution in [1.29, 1.82) is 0 Å². The fourth-order valence-corrected chi connectivity index (χ4v) is 3.16. The molecule has 1 aliphatic rings. The van der Waals surface area contributed by atoms with E-state index in [0.717, 1.165) is 19.6 Å². The van der Waals surface area contributed by atoms with Gasteiger partial charge in [-0.05, 0) is 44.0 Å². The second kappa shape index (κ2) is 6.70. The predicted molar refractivity (Wildman–Crippen MR) is 86.0 cm³/mol. The van der Waals surface area contributed by atoms with Gasteiger partial charge in [0.2, 0.25) is 0 Å². The van der Waals surface area contributed by atoms with Gasteiger partial charge in [0.1, 0.15) is 0 Å². The van der Waals surface area contributed by atoms with Gasteiger partial charge >= 0.3 is 0 Å². The Balaban J connectivity index is 2.17. The van der Waals surface area contributed by atoms with Crippen LogP contribution in [0.1, 0.15) is 36.1 Å². The molecule has 1 fully saturated rings. The molecule has 0 spiro atoms. The number of nitrogens with two attached hydrogens (primary N) is 1. The first-order chi connectivity index (χ1) is 9.56. The molecule has 1 aromatic carbocycles. The number of rotatable bonds is 4. The summed E-state index contributed by atoms with van der Waals surface area (Å²) in [7, 11) is 2.24. The summed E-state index contributed by atoms with van der Waals surface area (Å²) in [6, 6.07) is 7.80. The van der Waals surface area contributed by atoms with Crippen molar-refractivity contribution in [3.05, 3.63) is 34.9 Å². The van der Waals surface area contributed by atoms with Gasteiger partial charge in [0.05, 0.1) is 0 Å². The molecule has 1 aromatic rings. The van der Waals surface area contributed by atoms with Crippen LogP contribution in [-0.4, -0.2) is 49.1 Å². The van der Waals surface area contributed by atoms with E-state index in [0.29, 0.717) is 18.6 Å². The largest absolute Gasteiger partial charge is 0.329 e. The van der Waals surface area contributed by atoms with Crippen LogP contribution in [0, 0.1) is 13.8 Å². The number of likely N-dealkylation sites (N-methyl/N-ethyl adjacent to an activating group) is 1. The SMILES string of the molecule is CCC1CN(C(CN)c2ccc(C)c(C)c2)CCN1C. The summed E-state index contributed by atoms with van der Waals surface area (Å²) in [6.45, 7) is 10.7. The molecule has 0 aromatic heterocycles. The van der Waals surface area contributed by atoms with E-state index in [-0.39, 0.29) is 0 Å². The summed E-state index contributed by atoms with van der Waals surface area (Å²) in [4.78, 5) is 5.04. The number of benzene rings is 1. The first kappa shape index (κ1) is 15.5. The Bertz CT molecular complexity index is 444. The van der Waals surface area contributed by atoms with E-state index in [2.05, 4.69) is 55.8 Å².